The van der Waals surface area contributed by atoms with Crippen LogP contribution >= 0.6 is 11.3 Å². The first-order valence-electron chi connectivity index (χ1n) is 9.43. The number of aryl methyl sites for hydroxylation is 1. The Bertz CT molecular complexity index is 945. The third kappa shape index (κ3) is 4.82. The van der Waals surface area contributed by atoms with Crippen LogP contribution in [0, 0.1) is 12.8 Å². The van der Waals surface area contributed by atoms with Gasteiger partial charge in [-0.25, -0.2) is 9.78 Å². The SMILES string of the molecule is COCCOC(=O)c1sc2nc(CN3CCC(C(=O)OC)CC3)[nH]c(=O)c2c1C. The Morgan fingerprint density at radius 3 is 2.62 bits per heavy atom. The number of aromatic amines is 1. The quantitative estimate of drug-likeness (QED) is 0.527. The zero-order chi connectivity index (χ0) is 21.0. The van der Waals surface area contributed by atoms with Crippen LogP contribution in [0.2, 0.25) is 0 Å². The molecule has 1 saturated heterocycles. The van der Waals surface area contributed by atoms with Gasteiger partial charge in [-0.1, -0.05) is 0 Å². The van der Waals surface area contributed by atoms with E-state index in [4.69, 9.17) is 14.2 Å². The van der Waals surface area contributed by atoms with Crippen LogP contribution in [0.25, 0.3) is 10.2 Å². The molecule has 29 heavy (non-hydrogen) atoms. The average molecular weight is 423 g/mol. The first kappa shape index (κ1) is 21.4. The number of carbonyl (C=O) groups excluding carboxylic acids is 2. The van der Waals surface area contributed by atoms with Crippen molar-refractivity contribution in [2.75, 3.05) is 40.5 Å². The van der Waals surface area contributed by atoms with Gasteiger partial charge in [-0.2, -0.15) is 0 Å². The highest BCUT2D eigenvalue weighted by atomic mass is 32.1. The van der Waals surface area contributed by atoms with Crippen molar-refractivity contribution in [3.05, 3.63) is 26.6 Å². The fraction of sp³-hybridized carbons (Fsp3) is 0.579. The molecule has 0 bridgehead atoms. The van der Waals surface area contributed by atoms with Gasteiger partial charge in [-0.3, -0.25) is 14.5 Å². The molecule has 0 saturated carbocycles. The van der Waals surface area contributed by atoms with E-state index in [-0.39, 0.29) is 24.1 Å². The molecule has 0 aromatic carbocycles. The monoisotopic (exact) mass is 423 g/mol. The molecule has 158 valence electrons. The lowest BCUT2D eigenvalue weighted by Crippen LogP contribution is -2.37. The first-order chi connectivity index (χ1) is 13.9. The highest BCUT2D eigenvalue weighted by Crippen LogP contribution is 2.28. The summed E-state index contributed by atoms with van der Waals surface area (Å²) in [4.78, 5) is 47.0. The lowest BCUT2D eigenvalue weighted by Gasteiger charge is -2.30. The van der Waals surface area contributed by atoms with E-state index in [1.165, 1.54) is 14.2 Å². The number of H-pyrrole nitrogens is 1. The van der Waals surface area contributed by atoms with E-state index in [1.54, 1.807) is 6.92 Å². The molecule has 0 radical (unpaired) electrons. The number of hydrogen-bond donors (Lipinski definition) is 1. The van der Waals surface area contributed by atoms with Crippen molar-refractivity contribution < 1.29 is 23.8 Å². The first-order valence-corrected chi connectivity index (χ1v) is 10.2. The number of hydrogen-bond acceptors (Lipinski definition) is 9. The molecule has 3 rings (SSSR count). The average Bonchev–Trinajstić information content (AvgIpc) is 3.05. The molecule has 1 fully saturated rings. The molecule has 0 amide bonds. The minimum absolute atomic E-state index is 0.0719. The lowest BCUT2D eigenvalue weighted by atomic mass is 9.97. The maximum atomic E-state index is 12.6. The smallest absolute Gasteiger partial charge is 0.348 e. The Hall–Kier alpha value is -2.30. The number of nitrogens with one attached hydrogen (secondary N) is 1. The molecule has 0 aliphatic carbocycles. The number of fused-ring (bicyclic) bond motifs is 1. The number of thiophene rings is 1. The van der Waals surface area contributed by atoms with E-state index in [0.717, 1.165) is 24.4 Å². The summed E-state index contributed by atoms with van der Waals surface area (Å²) in [6.45, 7) is 4.11. The third-order valence-corrected chi connectivity index (χ3v) is 6.22. The summed E-state index contributed by atoms with van der Waals surface area (Å²) in [6.07, 6.45) is 1.43. The standard InChI is InChI=1S/C19H25N3O6S/c1-11-14-16(23)20-13(10-22-6-4-12(5-7-22)18(24)27-3)21-17(14)29-15(11)19(25)28-9-8-26-2/h12H,4-10H2,1-3H3,(H,20,21,23). The molecular formula is C19H25N3O6S. The Morgan fingerprint density at radius 2 is 1.97 bits per heavy atom. The number of likely N-dealkylation sites (tertiary alicyclic amines) is 1. The number of ether oxygens (including phenoxy) is 3. The van der Waals surface area contributed by atoms with Crippen LogP contribution in [-0.2, 0) is 25.5 Å². The summed E-state index contributed by atoms with van der Waals surface area (Å²) in [5, 5.41) is 0.418. The van der Waals surface area contributed by atoms with Crippen molar-refractivity contribution in [1.29, 1.82) is 0 Å². The largest absolute Gasteiger partial charge is 0.469 e. The number of nitrogens with zero attached hydrogens (tertiary/aromatic N) is 2. The Kier molecular flexibility index (Phi) is 6.99. The summed E-state index contributed by atoms with van der Waals surface area (Å²) in [7, 11) is 2.94. The highest BCUT2D eigenvalue weighted by molar-refractivity contribution is 7.20. The molecule has 3 heterocycles. The van der Waals surface area contributed by atoms with Gasteiger partial charge in [0.15, 0.2) is 0 Å². The van der Waals surface area contributed by atoms with Gasteiger partial charge in [-0.15, -0.1) is 11.3 Å². The fourth-order valence-corrected chi connectivity index (χ4v) is 4.54. The summed E-state index contributed by atoms with van der Waals surface area (Å²) in [6, 6.07) is 0. The van der Waals surface area contributed by atoms with Crippen LogP contribution in [0.3, 0.4) is 0 Å². The maximum absolute atomic E-state index is 12.6. The van der Waals surface area contributed by atoms with Crippen LogP contribution in [0.5, 0.6) is 0 Å². The number of carbonyl (C=O) groups is 2. The number of methoxy groups -OCH3 is 2. The van der Waals surface area contributed by atoms with Crippen LogP contribution in [0.15, 0.2) is 4.79 Å². The van der Waals surface area contributed by atoms with Crippen LogP contribution in [-0.4, -0.2) is 67.3 Å². The van der Waals surface area contributed by atoms with Gasteiger partial charge in [0.2, 0.25) is 0 Å². The van der Waals surface area contributed by atoms with E-state index in [0.29, 0.717) is 52.5 Å². The number of piperidine rings is 1. The summed E-state index contributed by atoms with van der Waals surface area (Å²) in [5.41, 5.74) is 0.311. The van der Waals surface area contributed by atoms with Gasteiger partial charge < -0.3 is 19.2 Å². The predicted molar refractivity (Wildman–Crippen MR) is 107 cm³/mol. The van der Waals surface area contributed by atoms with Crippen molar-refractivity contribution in [2.45, 2.75) is 26.3 Å². The van der Waals surface area contributed by atoms with Crippen molar-refractivity contribution in [3.8, 4) is 0 Å². The molecule has 0 unspecified atom stereocenters. The van der Waals surface area contributed by atoms with Crippen LogP contribution < -0.4 is 5.56 Å². The van der Waals surface area contributed by atoms with Crippen molar-refractivity contribution in [3.63, 3.8) is 0 Å². The minimum atomic E-state index is -0.478. The number of rotatable bonds is 7. The normalized spacial score (nSPS) is 15.6. The van der Waals surface area contributed by atoms with Gasteiger partial charge in [0.1, 0.15) is 22.1 Å². The van der Waals surface area contributed by atoms with Crippen LogP contribution in [0.4, 0.5) is 0 Å². The molecule has 1 aliphatic heterocycles. The molecule has 0 spiro atoms. The zero-order valence-electron chi connectivity index (χ0n) is 16.8. The summed E-state index contributed by atoms with van der Waals surface area (Å²) >= 11 is 1.16. The van der Waals surface area contributed by atoms with E-state index in [9.17, 15) is 14.4 Å². The Morgan fingerprint density at radius 1 is 1.24 bits per heavy atom. The van der Waals surface area contributed by atoms with Gasteiger partial charge in [0.25, 0.3) is 5.56 Å². The zero-order valence-corrected chi connectivity index (χ0v) is 17.6. The molecular weight excluding hydrogens is 398 g/mol. The van der Waals surface area contributed by atoms with E-state index in [2.05, 4.69) is 14.9 Å². The fourth-order valence-electron chi connectivity index (χ4n) is 3.45. The summed E-state index contributed by atoms with van der Waals surface area (Å²) in [5.74, 6) is -0.179. The van der Waals surface area contributed by atoms with Gasteiger partial charge in [0, 0.05) is 7.11 Å². The second-order valence-corrected chi connectivity index (χ2v) is 7.95. The van der Waals surface area contributed by atoms with E-state index in [1.807, 2.05) is 0 Å². The van der Waals surface area contributed by atoms with Crippen LogP contribution in [0.1, 0.15) is 33.9 Å². The van der Waals surface area contributed by atoms with Gasteiger partial charge >= 0.3 is 11.9 Å². The minimum Gasteiger partial charge on any atom is -0.469 e. The van der Waals surface area contributed by atoms with E-state index < -0.39 is 5.97 Å². The molecule has 2 aromatic rings. The third-order valence-electron chi connectivity index (χ3n) is 5.05. The Labute approximate surface area is 172 Å². The number of esters is 2. The topological polar surface area (TPSA) is 111 Å². The lowest BCUT2D eigenvalue weighted by molar-refractivity contribution is -0.147. The number of aromatic nitrogens is 2. The second kappa shape index (κ2) is 9.47. The molecule has 0 atom stereocenters. The highest BCUT2D eigenvalue weighted by Gasteiger charge is 2.26. The second-order valence-electron chi connectivity index (χ2n) is 6.95. The maximum Gasteiger partial charge on any atom is 0.348 e. The molecule has 9 nitrogen and oxygen atoms in total. The van der Waals surface area contributed by atoms with Crippen molar-refractivity contribution in [2.24, 2.45) is 5.92 Å². The predicted octanol–water partition coefficient (Wildman–Crippen LogP) is 1.48. The van der Waals surface area contributed by atoms with Gasteiger partial charge in [0.05, 0.1) is 31.6 Å². The summed E-state index contributed by atoms with van der Waals surface area (Å²) < 4.78 is 14.9. The molecule has 10 heteroatoms. The Balaban J connectivity index is 1.73. The molecule has 1 aliphatic rings. The van der Waals surface area contributed by atoms with Gasteiger partial charge in [-0.05, 0) is 38.4 Å². The molecule has 2 aromatic heterocycles. The van der Waals surface area contributed by atoms with Crippen molar-refractivity contribution >= 4 is 33.5 Å². The van der Waals surface area contributed by atoms with E-state index >= 15 is 0 Å². The van der Waals surface area contributed by atoms with Crippen molar-refractivity contribution in [1.82, 2.24) is 14.9 Å². The molecule has 1 N–H and O–H groups in total.